The summed E-state index contributed by atoms with van der Waals surface area (Å²) in [7, 11) is 1.64. The molecule has 4 aromatic rings. The highest BCUT2D eigenvalue weighted by atomic mass is 35.5. The van der Waals surface area contributed by atoms with Crippen LogP contribution >= 0.6 is 11.6 Å². The second-order valence-electron chi connectivity index (χ2n) is 9.89. The maximum absolute atomic E-state index is 12.6. The number of piperidine rings is 1. The Morgan fingerprint density at radius 3 is 2.38 bits per heavy atom. The SMILES string of the molecule is CCOC(=O)C1(COC)CCN(Cc2ccc(-c3noc(-c4ccc(-c5ccccc5)c(Cl)c4)n3)cc2)CC1. The summed E-state index contributed by atoms with van der Waals surface area (Å²) >= 11 is 6.57. The molecule has 39 heavy (non-hydrogen) atoms. The van der Waals surface area contributed by atoms with E-state index in [2.05, 4.69) is 27.2 Å². The molecule has 1 aliphatic heterocycles. The van der Waals surface area contributed by atoms with Crippen LogP contribution in [0.1, 0.15) is 25.3 Å². The lowest BCUT2D eigenvalue weighted by atomic mass is 9.79. The van der Waals surface area contributed by atoms with Gasteiger partial charge in [0.2, 0.25) is 5.82 Å². The average molecular weight is 546 g/mol. The maximum Gasteiger partial charge on any atom is 0.314 e. The third-order valence-electron chi connectivity index (χ3n) is 7.29. The number of rotatable bonds is 9. The normalized spacial score (nSPS) is 15.3. The first-order valence-corrected chi connectivity index (χ1v) is 13.6. The lowest BCUT2D eigenvalue weighted by Crippen LogP contribution is -2.47. The van der Waals surface area contributed by atoms with Crippen LogP contribution in [0.5, 0.6) is 0 Å². The van der Waals surface area contributed by atoms with E-state index in [1.807, 2.05) is 67.6 Å². The van der Waals surface area contributed by atoms with E-state index in [1.165, 1.54) is 5.56 Å². The van der Waals surface area contributed by atoms with Gasteiger partial charge in [0.1, 0.15) is 0 Å². The molecule has 1 aliphatic rings. The number of carbonyl (C=O) groups excluding carboxylic acids is 1. The lowest BCUT2D eigenvalue weighted by Gasteiger charge is -2.39. The fourth-order valence-electron chi connectivity index (χ4n) is 5.08. The zero-order chi connectivity index (χ0) is 27.2. The first-order chi connectivity index (χ1) is 19.0. The fraction of sp³-hybridized carbons (Fsp3) is 0.323. The van der Waals surface area contributed by atoms with Gasteiger partial charge in [-0.15, -0.1) is 0 Å². The first kappa shape index (κ1) is 27.1. The summed E-state index contributed by atoms with van der Waals surface area (Å²) in [4.78, 5) is 19.5. The van der Waals surface area contributed by atoms with Gasteiger partial charge in [0.25, 0.3) is 5.89 Å². The molecule has 5 rings (SSSR count). The molecule has 1 saturated heterocycles. The van der Waals surface area contributed by atoms with Crippen LogP contribution in [0.15, 0.2) is 77.3 Å². The fourth-order valence-corrected chi connectivity index (χ4v) is 5.37. The monoisotopic (exact) mass is 545 g/mol. The molecule has 1 fully saturated rings. The molecule has 0 N–H and O–H groups in total. The Labute approximate surface area is 233 Å². The molecule has 0 amide bonds. The van der Waals surface area contributed by atoms with Crippen molar-refractivity contribution < 1.29 is 18.8 Å². The molecule has 3 aromatic carbocycles. The lowest BCUT2D eigenvalue weighted by molar-refractivity contribution is -0.162. The van der Waals surface area contributed by atoms with Crippen LogP contribution in [0, 0.1) is 5.41 Å². The molecule has 0 spiro atoms. The van der Waals surface area contributed by atoms with E-state index in [9.17, 15) is 4.79 Å². The van der Waals surface area contributed by atoms with Gasteiger partial charge in [-0.2, -0.15) is 4.98 Å². The zero-order valence-corrected chi connectivity index (χ0v) is 23.0. The van der Waals surface area contributed by atoms with Gasteiger partial charge in [-0.05, 0) is 56.1 Å². The second-order valence-corrected chi connectivity index (χ2v) is 10.3. The van der Waals surface area contributed by atoms with Crippen molar-refractivity contribution in [2.45, 2.75) is 26.3 Å². The first-order valence-electron chi connectivity index (χ1n) is 13.2. The molecule has 2 heterocycles. The number of esters is 1. The largest absolute Gasteiger partial charge is 0.465 e. The van der Waals surface area contributed by atoms with E-state index < -0.39 is 5.41 Å². The average Bonchev–Trinajstić information content (AvgIpc) is 3.46. The number of benzene rings is 3. The van der Waals surface area contributed by atoms with E-state index in [-0.39, 0.29) is 5.97 Å². The summed E-state index contributed by atoms with van der Waals surface area (Å²) in [5, 5.41) is 4.82. The van der Waals surface area contributed by atoms with E-state index in [0.717, 1.165) is 54.7 Å². The Morgan fingerprint density at radius 2 is 1.72 bits per heavy atom. The van der Waals surface area contributed by atoms with Crippen molar-refractivity contribution in [1.82, 2.24) is 15.0 Å². The van der Waals surface area contributed by atoms with Crippen LogP contribution in [-0.4, -0.2) is 54.4 Å². The number of carbonyl (C=O) groups is 1. The number of likely N-dealkylation sites (tertiary alicyclic amines) is 1. The molecule has 0 aliphatic carbocycles. The molecular formula is C31H32ClN3O4. The highest BCUT2D eigenvalue weighted by molar-refractivity contribution is 6.33. The van der Waals surface area contributed by atoms with Gasteiger partial charge in [-0.3, -0.25) is 9.69 Å². The van der Waals surface area contributed by atoms with Crippen LogP contribution in [-0.2, 0) is 20.8 Å². The highest BCUT2D eigenvalue weighted by Gasteiger charge is 2.42. The van der Waals surface area contributed by atoms with Crippen molar-refractivity contribution in [3.8, 4) is 34.0 Å². The molecule has 8 heteroatoms. The Bertz CT molecular complexity index is 1400. The minimum absolute atomic E-state index is 0.148. The molecule has 0 unspecified atom stereocenters. The predicted molar refractivity (Wildman–Crippen MR) is 151 cm³/mol. The Kier molecular flexibility index (Phi) is 8.41. The van der Waals surface area contributed by atoms with Gasteiger partial charge >= 0.3 is 5.97 Å². The Morgan fingerprint density at radius 1 is 1.00 bits per heavy atom. The predicted octanol–water partition coefficient (Wildman–Crippen LogP) is 6.52. The molecule has 1 aromatic heterocycles. The van der Waals surface area contributed by atoms with Crippen LogP contribution < -0.4 is 0 Å². The van der Waals surface area contributed by atoms with Crippen molar-refractivity contribution in [3.63, 3.8) is 0 Å². The summed E-state index contributed by atoms with van der Waals surface area (Å²) in [6, 6.07) is 24.0. The number of halogens is 1. The third-order valence-corrected chi connectivity index (χ3v) is 7.60. The number of nitrogens with zero attached hydrogens (tertiary/aromatic N) is 3. The van der Waals surface area contributed by atoms with Crippen molar-refractivity contribution in [3.05, 3.63) is 83.4 Å². The molecule has 7 nitrogen and oxygen atoms in total. The summed E-state index contributed by atoms with van der Waals surface area (Å²) in [5.74, 6) is 0.798. The number of hydrogen-bond acceptors (Lipinski definition) is 7. The van der Waals surface area contributed by atoms with Crippen molar-refractivity contribution >= 4 is 17.6 Å². The zero-order valence-electron chi connectivity index (χ0n) is 22.2. The van der Waals surface area contributed by atoms with Gasteiger partial charge in [0.15, 0.2) is 0 Å². The Hall–Kier alpha value is -3.52. The van der Waals surface area contributed by atoms with Crippen LogP contribution in [0.2, 0.25) is 5.02 Å². The van der Waals surface area contributed by atoms with Crippen LogP contribution in [0.3, 0.4) is 0 Å². The summed E-state index contributed by atoms with van der Waals surface area (Å²) in [5.41, 5.74) is 4.29. The van der Waals surface area contributed by atoms with Crippen LogP contribution in [0.4, 0.5) is 0 Å². The quantitative estimate of drug-likeness (QED) is 0.222. The van der Waals surface area contributed by atoms with Crippen LogP contribution in [0.25, 0.3) is 34.0 Å². The van der Waals surface area contributed by atoms with Gasteiger partial charge < -0.3 is 14.0 Å². The van der Waals surface area contributed by atoms with Gasteiger partial charge in [0.05, 0.1) is 18.6 Å². The number of ether oxygens (including phenoxy) is 2. The van der Waals surface area contributed by atoms with E-state index in [0.29, 0.717) is 30.0 Å². The van der Waals surface area contributed by atoms with E-state index in [1.54, 1.807) is 7.11 Å². The number of hydrogen-bond donors (Lipinski definition) is 0. The third kappa shape index (κ3) is 6.06. The molecule has 0 radical (unpaired) electrons. The molecule has 0 atom stereocenters. The standard InChI is InChI=1S/C31H32ClN3O4/c1-3-38-30(36)31(21-37-2)15-17-35(18-16-31)20-22-9-11-24(12-10-22)28-33-29(39-34-28)25-13-14-26(27(32)19-25)23-7-5-4-6-8-23/h4-14,19H,3,15-18,20-21H2,1-2H3. The van der Waals surface area contributed by atoms with Crippen molar-refractivity contribution in [1.29, 1.82) is 0 Å². The second kappa shape index (κ2) is 12.1. The van der Waals surface area contributed by atoms with Gasteiger partial charge in [0, 0.05) is 35.4 Å². The molecule has 0 bridgehead atoms. The molecule has 0 saturated carbocycles. The molecular weight excluding hydrogens is 514 g/mol. The summed E-state index contributed by atoms with van der Waals surface area (Å²) in [6.45, 7) is 5.04. The van der Waals surface area contributed by atoms with E-state index >= 15 is 0 Å². The number of methoxy groups -OCH3 is 1. The molecule has 202 valence electrons. The maximum atomic E-state index is 12.6. The highest BCUT2D eigenvalue weighted by Crippen LogP contribution is 2.35. The minimum Gasteiger partial charge on any atom is -0.465 e. The van der Waals surface area contributed by atoms with Gasteiger partial charge in [-0.25, -0.2) is 0 Å². The topological polar surface area (TPSA) is 77.7 Å². The minimum atomic E-state index is -0.548. The smallest absolute Gasteiger partial charge is 0.314 e. The van der Waals surface area contributed by atoms with Gasteiger partial charge in [-0.1, -0.05) is 77.4 Å². The van der Waals surface area contributed by atoms with E-state index in [4.69, 9.17) is 25.6 Å². The summed E-state index contributed by atoms with van der Waals surface area (Å²) in [6.07, 6.45) is 1.44. The summed E-state index contributed by atoms with van der Waals surface area (Å²) < 4.78 is 16.3. The van der Waals surface area contributed by atoms with Crippen molar-refractivity contribution in [2.24, 2.45) is 5.41 Å². The van der Waals surface area contributed by atoms with Crippen molar-refractivity contribution in [2.75, 3.05) is 33.4 Å². The number of aromatic nitrogens is 2. The Balaban J connectivity index is 1.22.